The molecule has 0 amide bonds. The van der Waals surface area contributed by atoms with Gasteiger partial charge >= 0.3 is 0 Å². The average molecular weight is 349 g/mol. The van der Waals surface area contributed by atoms with E-state index in [1.54, 1.807) is 7.05 Å². The molecule has 2 heterocycles. The Bertz CT molecular complexity index is 530. The van der Waals surface area contributed by atoms with Gasteiger partial charge in [0.25, 0.3) is 0 Å². The summed E-state index contributed by atoms with van der Waals surface area (Å²) in [5.74, 6) is 1.75. The molecule has 1 unspecified atom stereocenters. The van der Waals surface area contributed by atoms with E-state index < -0.39 is 0 Å². The predicted molar refractivity (Wildman–Crippen MR) is 101 cm³/mol. The van der Waals surface area contributed by atoms with Crippen LogP contribution < -0.4 is 15.5 Å². The smallest absolute Gasteiger partial charge is 0.191 e. The monoisotopic (exact) mass is 349 g/mol. The van der Waals surface area contributed by atoms with Crippen LogP contribution in [0.3, 0.4) is 0 Å². The van der Waals surface area contributed by atoms with Crippen LogP contribution >= 0.6 is 0 Å². The molecule has 1 aliphatic rings. The molecule has 0 bridgehead atoms. The number of aliphatic imine (C=N–C) groups is 1. The van der Waals surface area contributed by atoms with Crippen LogP contribution in [-0.2, 0) is 16.0 Å². The second-order valence-corrected chi connectivity index (χ2v) is 6.30. The lowest BCUT2D eigenvalue weighted by molar-refractivity contribution is 0.0168. The van der Waals surface area contributed by atoms with Crippen molar-refractivity contribution in [1.82, 2.24) is 15.6 Å². The van der Waals surface area contributed by atoms with Crippen LogP contribution in [0.15, 0.2) is 23.3 Å². The molecule has 0 radical (unpaired) electrons. The van der Waals surface area contributed by atoms with Gasteiger partial charge in [-0.1, -0.05) is 6.07 Å². The van der Waals surface area contributed by atoms with Crippen molar-refractivity contribution in [3.05, 3.63) is 23.9 Å². The van der Waals surface area contributed by atoms with Crippen molar-refractivity contribution in [2.24, 2.45) is 4.99 Å². The normalized spacial score (nSPS) is 17.6. The van der Waals surface area contributed by atoms with Crippen LogP contribution in [0, 0.1) is 0 Å². The summed E-state index contributed by atoms with van der Waals surface area (Å²) >= 11 is 0. The summed E-state index contributed by atoms with van der Waals surface area (Å²) in [4.78, 5) is 10.7. The molecule has 2 rings (SSSR count). The lowest BCUT2D eigenvalue weighted by Crippen LogP contribution is -2.38. The van der Waals surface area contributed by atoms with Gasteiger partial charge in [0.2, 0.25) is 0 Å². The zero-order chi connectivity index (χ0) is 17.9. The molecular weight excluding hydrogens is 318 g/mol. The quantitative estimate of drug-likeness (QED) is 0.399. The second-order valence-electron chi connectivity index (χ2n) is 6.30. The molecule has 1 aromatic heterocycles. The Kier molecular flexibility index (Phi) is 8.48. The molecule has 1 fully saturated rings. The highest BCUT2D eigenvalue weighted by Crippen LogP contribution is 2.13. The van der Waals surface area contributed by atoms with Crippen LogP contribution in [0.1, 0.15) is 24.8 Å². The van der Waals surface area contributed by atoms with Gasteiger partial charge in [-0.15, -0.1) is 0 Å². The van der Waals surface area contributed by atoms with Gasteiger partial charge in [0.05, 0.1) is 12.7 Å². The fourth-order valence-electron chi connectivity index (χ4n) is 2.74. The SMILES string of the molecule is CN=C(NCCCOCC1CCCO1)NCc1cccnc1N(C)C. The number of nitrogens with one attached hydrogen (secondary N) is 2. The molecule has 140 valence electrons. The van der Waals surface area contributed by atoms with E-state index in [9.17, 15) is 0 Å². The van der Waals surface area contributed by atoms with E-state index >= 15 is 0 Å². The minimum absolute atomic E-state index is 0.299. The summed E-state index contributed by atoms with van der Waals surface area (Å²) in [5, 5.41) is 6.64. The third kappa shape index (κ3) is 6.88. The first kappa shape index (κ1) is 19.5. The van der Waals surface area contributed by atoms with Gasteiger partial charge in [-0.05, 0) is 25.3 Å². The number of nitrogens with zero attached hydrogens (tertiary/aromatic N) is 3. The highest BCUT2D eigenvalue weighted by molar-refractivity contribution is 5.79. The van der Waals surface area contributed by atoms with Crippen molar-refractivity contribution < 1.29 is 9.47 Å². The first-order valence-electron chi connectivity index (χ1n) is 8.95. The lowest BCUT2D eigenvalue weighted by Gasteiger charge is -2.17. The molecular formula is C18H31N5O2. The minimum Gasteiger partial charge on any atom is -0.379 e. The molecule has 25 heavy (non-hydrogen) atoms. The van der Waals surface area contributed by atoms with E-state index in [4.69, 9.17) is 9.47 Å². The van der Waals surface area contributed by atoms with E-state index in [0.29, 0.717) is 19.3 Å². The number of hydrogen-bond donors (Lipinski definition) is 2. The van der Waals surface area contributed by atoms with Gasteiger partial charge in [0.15, 0.2) is 5.96 Å². The Labute approximate surface area is 150 Å². The topological polar surface area (TPSA) is 71.0 Å². The van der Waals surface area contributed by atoms with Crippen LogP contribution in [-0.4, -0.2) is 64.6 Å². The van der Waals surface area contributed by atoms with E-state index in [2.05, 4.69) is 26.7 Å². The van der Waals surface area contributed by atoms with Gasteiger partial charge in [-0.3, -0.25) is 4.99 Å². The van der Waals surface area contributed by atoms with Crippen molar-refractivity contribution in [2.75, 3.05) is 52.4 Å². The van der Waals surface area contributed by atoms with Crippen molar-refractivity contribution >= 4 is 11.8 Å². The molecule has 0 aliphatic carbocycles. The molecule has 1 saturated heterocycles. The molecule has 0 aromatic carbocycles. The fourth-order valence-corrected chi connectivity index (χ4v) is 2.74. The Morgan fingerprint density at radius 3 is 3.04 bits per heavy atom. The summed E-state index contributed by atoms with van der Waals surface area (Å²) in [6.45, 7) is 3.82. The van der Waals surface area contributed by atoms with E-state index in [0.717, 1.165) is 56.4 Å². The highest BCUT2D eigenvalue weighted by Gasteiger charge is 2.14. The van der Waals surface area contributed by atoms with Gasteiger partial charge in [0, 0.05) is 59.2 Å². The zero-order valence-electron chi connectivity index (χ0n) is 15.6. The van der Waals surface area contributed by atoms with Crippen LogP contribution in [0.2, 0.25) is 0 Å². The Hall–Kier alpha value is -1.86. The predicted octanol–water partition coefficient (Wildman–Crippen LogP) is 1.40. The number of anilines is 1. The lowest BCUT2D eigenvalue weighted by atomic mass is 10.2. The zero-order valence-corrected chi connectivity index (χ0v) is 15.6. The Morgan fingerprint density at radius 2 is 2.32 bits per heavy atom. The van der Waals surface area contributed by atoms with Crippen molar-refractivity contribution in [3.63, 3.8) is 0 Å². The maximum Gasteiger partial charge on any atom is 0.191 e. The maximum absolute atomic E-state index is 5.67. The van der Waals surface area contributed by atoms with Crippen molar-refractivity contribution in [2.45, 2.75) is 31.9 Å². The average Bonchev–Trinajstić information content (AvgIpc) is 3.14. The maximum atomic E-state index is 5.67. The summed E-state index contributed by atoms with van der Waals surface area (Å²) < 4.78 is 11.2. The standard InChI is InChI=1S/C18H31N5O2/c1-19-18(21-10-6-11-24-14-16-8-5-12-25-16)22-13-15-7-4-9-20-17(15)23(2)3/h4,7,9,16H,5-6,8,10-14H2,1-3H3,(H2,19,21,22). The fraction of sp³-hybridized carbons (Fsp3) is 0.667. The molecule has 1 atom stereocenters. The van der Waals surface area contributed by atoms with E-state index in [1.807, 2.05) is 31.3 Å². The van der Waals surface area contributed by atoms with Gasteiger partial charge in [-0.25, -0.2) is 4.98 Å². The first-order chi connectivity index (χ1) is 12.2. The summed E-state index contributed by atoms with van der Waals surface area (Å²) in [6, 6.07) is 4.02. The number of pyridine rings is 1. The third-order valence-electron chi connectivity index (χ3n) is 4.05. The number of ether oxygens (including phenoxy) is 2. The van der Waals surface area contributed by atoms with Gasteiger partial charge < -0.3 is 25.0 Å². The number of aromatic nitrogens is 1. The molecule has 1 aliphatic heterocycles. The molecule has 1 aromatic rings. The van der Waals surface area contributed by atoms with Crippen molar-refractivity contribution in [3.8, 4) is 0 Å². The van der Waals surface area contributed by atoms with Gasteiger partial charge in [-0.2, -0.15) is 0 Å². The first-order valence-corrected chi connectivity index (χ1v) is 8.95. The van der Waals surface area contributed by atoms with Crippen LogP contribution in [0.4, 0.5) is 5.82 Å². The molecule has 7 heteroatoms. The number of hydrogen-bond acceptors (Lipinski definition) is 5. The van der Waals surface area contributed by atoms with Gasteiger partial charge in [0.1, 0.15) is 5.82 Å². The van der Waals surface area contributed by atoms with E-state index in [-0.39, 0.29) is 0 Å². The van der Waals surface area contributed by atoms with E-state index in [1.165, 1.54) is 0 Å². The van der Waals surface area contributed by atoms with Crippen LogP contribution in [0.25, 0.3) is 0 Å². The minimum atomic E-state index is 0.299. The molecule has 7 nitrogen and oxygen atoms in total. The summed E-state index contributed by atoms with van der Waals surface area (Å²) in [6.07, 6.45) is 5.32. The molecule has 2 N–H and O–H groups in total. The third-order valence-corrected chi connectivity index (χ3v) is 4.05. The highest BCUT2D eigenvalue weighted by atomic mass is 16.5. The molecule has 0 spiro atoms. The summed E-state index contributed by atoms with van der Waals surface area (Å²) in [7, 11) is 5.77. The van der Waals surface area contributed by atoms with Crippen LogP contribution in [0.5, 0.6) is 0 Å². The Morgan fingerprint density at radius 1 is 1.44 bits per heavy atom. The largest absolute Gasteiger partial charge is 0.379 e. The second kappa shape index (κ2) is 10.9. The summed E-state index contributed by atoms with van der Waals surface area (Å²) in [5.41, 5.74) is 1.13. The molecule has 0 saturated carbocycles. The number of rotatable bonds is 9. The Balaban J connectivity index is 1.62. The number of guanidine groups is 1. The van der Waals surface area contributed by atoms with Crippen molar-refractivity contribution in [1.29, 1.82) is 0 Å².